The molecule has 3 aromatic rings. The lowest BCUT2D eigenvalue weighted by molar-refractivity contribution is -0.279. The molecule has 0 radical (unpaired) electrons. The molecule has 0 aliphatic carbocycles. The third-order valence-corrected chi connectivity index (χ3v) is 7.84. The van der Waals surface area contributed by atoms with Crippen molar-refractivity contribution in [2.24, 2.45) is 0 Å². The summed E-state index contributed by atoms with van der Waals surface area (Å²) < 4.78 is 53.3. The number of carbonyl (C=O) groups excluding carboxylic acids is 2. The number of ether oxygens (including phenoxy) is 9. The van der Waals surface area contributed by atoms with Crippen LogP contribution in [0.4, 0.5) is 4.79 Å². The molecule has 0 amide bonds. The van der Waals surface area contributed by atoms with Crippen LogP contribution in [0, 0.1) is 0 Å². The molecule has 11 heteroatoms. The summed E-state index contributed by atoms with van der Waals surface area (Å²) in [5.74, 6) is -0.527. The van der Waals surface area contributed by atoms with E-state index < -0.39 is 61.3 Å². The fourth-order valence-corrected chi connectivity index (χ4v) is 5.63. The third-order valence-electron chi connectivity index (χ3n) is 7.84. The van der Waals surface area contributed by atoms with Crippen LogP contribution in [-0.2, 0) is 55.8 Å². The van der Waals surface area contributed by atoms with Gasteiger partial charge in [-0.25, -0.2) is 9.59 Å². The van der Waals surface area contributed by atoms with Crippen LogP contribution in [0.2, 0.25) is 0 Å². The smallest absolute Gasteiger partial charge is 0.459 e. The average molecular weight is 621 g/mol. The fourth-order valence-electron chi connectivity index (χ4n) is 5.63. The molecule has 3 fully saturated rings. The first-order chi connectivity index (χ1) is 22.1. The Kier molecular flexibility index (Phi) is 10.4. The SMILES string of the molecule is CO[C@@H]1O[C@H](COCc2ccccc2)[C@H](OCc2ccccc2)[C@H]1O[C@@H]1C[C@H]2OC(=O)O[C@@H]2[C@@H](COC(=O)c2ccccc2)O1. The molecule has 0 unspecified atom stereocenters. The van der Waals surface area contributed by atoms with Gasteiger partial charge in [-0.15, -0.1) is 0 Å². The number of hydrogen-bond donors (Lipinski definition) is 0. The van der Waals surface area contributed by atoms with Crippen molar-refractivity contribution in [2.75, 3.05) is 20.3 Å². The summed E-state index contributed by atoms with van der Waals surface area (Å²) in [6.07, 6.45) is -6.38. The highest BCUT2D eigenvalue weighted by atomic mass is 16.8. The van der Waals surface area contributed by atoms with Crippen LogP contribution in [0.1, 0.15) is 27.9 Å². The Hall–Kier alpha value is -3.84. The van der Waals surface area contributed by atoms with Crippen LogP contribution < -0.4 is 0 Å². The van der Waals surface area contributed by atoms with E-state index in [0.717, 1.165) is 11.1 Å². The Bertz CT molecular complexity index is 1370. The Morgan fingerprint density at radius 3 is 2.13 bits per heavy atom. The van der Waals surface area contributed by atoms with Crippen LogP contribution in [0.25, 0.3) is 0 Å². The van der Waals surface area contributed by atoms with E-state index in [1.54, 1.807) is 30.3 Å². The third kappa shape index (κ3) is 7.88. The molecule has 3 saturated heterocycles. The molecule has 3 aliphatic heterocycles. The minimum Gasteiger partial charge on any atom is -0.459 e. The zero-order valence-electron chi connectivity index (χ0n) is 24.8. The first kappa shape index (κ1) is 31.2. The summed E-state index contributed by atoms with van der Waals surface area (Å²) in [7, 11) is 1.53. The first-order valence-corrected chi connectivity index (χ1v) is 14.9. The van der Waals surface area contributed by atoms with E-state index in [0.29, 0.717) is 18.8 Å². The number of hydrogen-bond acceptors (Lipinski definition) is 11. The van der Waals surface area contributed by atoms with Gasteiger partial charge in [-0.05, 0) is 23.3 Å². The molecule has 11 nitrogen and oxygen atoms in total. The molecule has 3 aliphatic rings. The monoisotopic (exact) mass is 620 g/mol. The summed E-state index contributed by atoms with van der Waals surface area (Å²) in [5, 5.41) is 0. The van der Waals surface area contributed by atoms with E-state index in [1.807, 2.05) is 60.7 Å². The zero-order chi connectivity index (χ0) is 31.0. The van der Waals surface area contributed by atoms with Crippen molar-refractivity contribution in [3.05, 3.63) is 108 Å². The quantitative estimate of drug-likeness (QED) is 0.253. The number of carbonyl (C=O) groups is 2. The molecule has 45 heavy (non-hydrogen) atoms. The Labute approximate surface area is 261 Å². The second kappa shape index (κ2) is 15.0. The Morgan fingerprint density at radius 1 is 0.778 bits per heavy atom. The van der Waals surface area contributed by atoms with Crippen molar-refractivity contribution >= 4 is 12.1 Å². The molecule has 0 saturated carbocycles. The van der Waals surface area contributed by atoms with Crippen LogP contribution in [0.15, 0.2) is 91.0 Å². The number of benzene rings is 3. The topological polar surface area (TPSA) is 117 Å². The van der Waals surface area contributed by atoms with Gasteiger partial charge in [0.25, 0.3) is 0 Å². The standard InChI is InChI=1S/C34H36O11/c1-37-33-31(30(39-19-23-13-7-3-8-14-23)26(42-33)20-38-18-22-11-5-2-6-12-22)44-28-17-25-29(45-34(36)43-25)27(41-28)21-40-32(35)24-15-9-4-10-16-24/h2-16,25-31,33H,17-21H2,1H3/t25-,26-,27-,28-,29+,30+,31-,33-/m1/s1. The van der Waals surface area contributed by atoms with Crippen LogP contribution in [-0.4, -0.2) is 81.7 Å². The molecule has 0 bridgehead atoms. The number of rotatable bonds is 13. The maximum Gasteiger partial charge on any atom is 0.509 e. The summed E-state index contributed by atoms with van der Waals surface area (Å²) in [4.78, 5) is 24.7. The largest absolute Gasteiger partial charge is 0.509 e. The van der Waals surface area contributed by atoms with Crippen molar-refractivity contribution in [3.8, 4) is 0 Å². The van der Waals surface area contributed by atoms with Crippen molar-refractivity contribution in [1.29, 1.82) is 0 Å². The first-order valence-electron chi connectivity index (χ1n) is 14.9. The summed E-state index contributed by atoms with van der Waals surface area (Å²) in [6.45, 7) is 0.761. The lowest BCUT2D eigenvalue weighted by Gasteiger charge is -2.37. The van der Waals surface area contributed by atoms with E-state index >= 15 is 0 Å². The summed E-state index contributed by atoms with van der Waals surface area (Å²) in [5.41, 5.74) is 2.40. The Morgan fingerprint density at radius 2 is 1.44 bits per heavy atom. The van der Waals surface area contributed by atoms with Crippen LogP contribution >= 0.6 is 0 Å². The number of methoxy groups -OCH3 is 1. The highest BCUT2D eigenvalue weighted by Gasteiger charge is 2.53. The van der Waals surface area contributed by atoms with Gasteiger partial charge < -0.3 is 42.6 Å². The van der Waals surface area contributed by atoms with E-state index in [2.05, 4.69) is 0 Å². The lowest BCUT2D eigenvalue weighted by Crippen LogP contribution is -2.52. The predicted octanol–water partition coefficient (Wildman–Crippen LogP) is 4.42. The van der Waals surface area contributed by atoms with Gasteiger partial charge >= 0.3 is 12.1 Å². The maximum atomic E-state index is 12.6. The molecular weight excluding hydrogens is 584 g/mol. The van der Waals surface area contributed by atoms with Crippen molar-refractivity contribution in [3.63, 3.8) is 0 Å². The normalized spacial score (nSPS) is 29.0. The molecule has 238 valence electrons. The van der Waals surface area contributed by atoms with Crippen LogP contribution in [0.5, 0.6) is 0 Å². The van der Waals surface area contributed by atoms with Gasteiger partial charge in [-0.2, -0.15) is 0 Å². The fraction of sp³-hybridized carbons (Fsp3) is 0.412. The van der Waals surface area contributed by atoms with Crippen molar-refractivity contribution in [2.45, 2.75) is 68.8 Å². The molecule has 3 heterocycles. The summed E-state index contributed by atoms with van der Waals surface area (Å²) >= 11 is 0. The van der Waals surface area contributed by atoms with E-state index in [9.17, 15) is 9.59 Å². The van der Waals surface area contributed by atoms with Gasteiger partial charge in [0.1, 0.15) is 37.1 Å². The van der Waals surface area contributed by atoms with Gasteiger partial charge in [0.05, 0.1) is 25.4 Å². The van der Waals surface area contributed by atoms with Gasteiger partial charge in [-0.3, -0.25) is 0 Å². The number of fused-ring (bicyclic) bond motifs is 1. The second-order valence-electron chi connectivity index (χ2n) is 10.9. The minimum absolute atomic E-state index is 0.176. The van der Waals surface area contributed by atoms with Gasteiger partial charge in [0.2, 0.25) is 0 Å². The molecular formula is C34H36O11. The Balaban J connectivity index is 1.15. The maximum absolute atomic E-state index is 12.6. The minimum atomic E-state index is -0.876. The second-order valence-corrected chi connectivity index (χ2v) is 10.9. The van der Waals surface area contributed by atoms with E-state index in [4.69, 9.17) is 42.6 Å². The van der Waals surface area contributed by atoms with Crippen molar-refractivity contribution < 1.29 is 52.2 Å². The number of esters is 1. The molecule has 8 atom stereocenters. The molecule has 6 rings (SSSR count). The molecule has 0 spiro atoms. The average Bonchev–Trinajstić information content (AvgIpc) is 3.62. The van der Waals surface area contributed by atoms with Crippen LogP contribution in [0.3, 0.4) is 0 Å². The zero-order valence-corrected chi connectivity index (χ0v) is 24.8. The van der Waals surface area contributed by atoms with E-state index in [-0.39, 0.29) is 19.6 Å². The summed E-state index contributed by atoms with van der Waals surface area (Å²) in [6, 6.07) is 28.2. The van der Waals surface area contributed by atoms with Crippen molar-refractivity contribution in [1.82, 2.24) is 0 Å². The molecule has 3 aromatic carbocycles. The van der Waals surface area contributed by atoms with Gasteiger partial charge in [0, 0.05) is 13.5 Å². The molecule has 0 aromatic heterocycles. The predicted molar refractivity (Wildman–Crippen MR) is 157 cm³/mol. The molecule has 0 N–H and O–H groups in total. The van der Waals surface area contributed by atoms with Gasteiger partial charge in [0.15, 0.2) is 18.7 Å². The van der Waals surface area contributed by atoms with E-state index in [1.165, 1.54) is 7.11 Å². The highest BCUT2D eigenvalue weighted by Crippen LogP contribution is 2.35. The van der Waals surface area contributed by atoms with Gasteiger partial charge in [-0.1, -0.05) is 78.9 Å². The lowest BCUT2D eigenvalue weighted by atomic mass is 10.0. The highest BCUT2D eigenvalue weighted by molar-refractivity contribution is 5.89.